The van der Waals surface area contributed by atoms with E-state index in [1.807, 2.05) is 50.2 Å². The van der Waals surface area contributed by atoms with Crippen molar-refractivity contribution in [1.82, 2.24) is 10.2 Å². The number of anilines is 1. The number of hydrogen-bond donors (Lipinski definition) is 1. The summed E-state index contributed by atoms with van der Waals surface area (Å²) in [6.07, 6.45) is 4.96. The summed E-state index contributed by atoms with van der Waals surface area (Å²) in [5, 5.41) is 3.55. The van der Waals surface area contributed by atoms with Gasteiger partial charge in [0.15, 0.2) is 0 Å². The maximum Gasteiger partial charge on any atom is 0.264 e. The van der Waals surface area contributed by atoms with Crippen LogP contribution in [0.3, 0.4) is 0 Å². The number of amides is 2. The molecule has 0 spiro atoms. The van der Waals surface area contributed by atoms with Crippen molar-refractivity contribution in [3.63, 3.8) is 0 Å². The molecule has 0 bridgehead atoms. The maximum absolute atomic E-state index is 14.1. The van der Waals surface area contributed by atoms with E-state index in [-0.39, 0.29) is 23.4 Å². The quantitative estimate of drug-likeness (QED) is 0.289. The second kappa shape index (κ2) is 14.0. The Hall–Kier alpha value is -3.36. The molecule has 2 amide bonds. The van der Waals surface area contributed by atoms with Gasteiger partial charge in [0.1, 0.15) is 12.6 Å². The fourth-order valence-corrected chi connectivity index (χ4v) is 6.84. The van der Waals surface area contributed by atoms with Gasteiger partial charge in [0.05, 0.1) is 10.6 Å². The van der Waals surface area contributed by atoms with Crippen LogP contribution >= 0.6 is 11.6 Å². The summed E-state index contributed by atoms with van der Waals surface area (Å²) in [4.78, 5) is 29.2. The van der Waals surface area contributed by atoms with E-state index in [1.54, 1.807) is 23.1 Å². The van der Waals surface area contributed by atoms with Crippen LogP contribution in [0.5, 0.6) is 0 Å². The number of nitrogens with zero attached hydrogens (tertiary/aromatic N) is 2. The lowest BCUT2D eigenvalue weighted by molar-refractivity contribution is -0.139. The second-order valence-corrected chi connectivity index (χ2v) is 12.8. The highest BCUT2D eigenvalue weighted by molar-refractivity contribution is 7.92. The molecule has 3 aromatic rings. The number of hydrogen-bond acceptors (Lipinski definition) is 4. The third-order valence-corrected chi connectivity index (χ3v) is 9.58. The van der Waals surface area contributed by atoms with Crippen molar-refractivity contribution < 1.29 is 18.0 Å². The lowest BCUT2D eigenvalue weighted by Crippen LogP contribution is -2.54. The van der Waals surface area contributed by atoms with Crippen molar-refractivity contribution in [3.8, 4) is 0 Å². The fourth-order valence-electron chi connectivity index (χ4n) is 5.31. The molecular weight excluding hydrogens is 558 g/mol. The predicted octanol–water partition coefficient (Wildman–Crippen LogP) is 5.75. The summed E-state index contributed by atoms with van der Waals surface area (Å²) in [5.74, 6) is -0.628. The van der Waals surface area contributed by atoms with Crippen molar-refractivity contribution >= 4 is 39.1 Å². The first kappa shape index (κ1) is 30.6. The van der Waals surface area contributed by atoms with Gasteiger partial charge in [-0.1, -0.05) is 73.8 Å². The lowest BCUT2D eigenvalue weighted by atomic mass is 10.1. The summed E-state index contributed by atoms with van der Waals surface area (Å²) in [6.45, 7) is 3.58. The zero-order valence-electron chi connectivity index (χ0n) is 23.6. The van der Waals surface area contributed by atoms with Crippen LogP contribution in [0.15, 0.2) is 83.8 Å². The van der Waals surface area contributed by atoms with Crippen LogP contribution in [0.25, 0.3) is 0 Å². The minimum Gasteiger partial charge on any atom is -0.352 e. The molecule has 1 saturated carbocycles. The summed E-state index contributed by atoms with van der Waals surface area (Å²) < 4.78 is 29.0. The molecule has 4 rings (SSSR count). The maximum atomic E-state index is 14.1. The Bertz CT molecular complexity index is 1420. The van der Waals surface area contributed by atoms with Crippen molar-refractivity contribution in [2.45, 2.75) is 69.4 Å². The van der Waals surface area contributed by atoms with Gasteiger partial charge in [-0.05, 0) is 80.1 Å². The summed E-state index contributed by atoms with van der Waals surface area (Å²) in [7, 11) is -4.13. The molecule has 0 aliphatic heterocycles. The van der Waals surface area contributed by atoms with E-state index in [0.717, 1.165) is 41.1 Å². The Morgan fingerprint density at radius 3 is 2.29 bits per heavy atom. The predicted molar refractivity (Wildman–Crippen MR) is 163 cm³/mol. The van der Waals surface area contributed by atoms with Crippen LogP contribution in [0, 0.1) is 6.92 Å². The Morgan fingerprint density at radius 1 is 0.976 bits per heavy atom. The van der Waals surface area contributed by atoms with Gasteiger partial charge in [-0.15, -0.1) is 0 Å². The van der Waals surface area contributed by atoms with Gasteiger partial charge < -0.3 is 10.2 Å². The van der Waals surface area contributed by atoms with Gasteiger partial charge in [-0.3, -0.25) is 13.9 Å². The van der Waals surface area contributed by atoms with Crippen LogP contribution in [0.4, 0.5) is 5.69 Å². The van der Waals surface area contributed by atoms with Gasteiger partial charge in [0, 0.05) is 17.6 Å². The molecule has 3 aromatic carbocycles. The van der Waals surface area contributed by atoms with Crippen molar-refractivity contribution in [3.05, 3.63) is 95.0 Å². The first-order valence-corrected chi connectivity index (χ1v) is 16.0. The van der Waals surface area contributed by atoms with Crippen LogP contribution in [0.2, 0.25) is 5.02 Å². The number of nitrogens with one attached hydrogen (secondary N) is 1. The molecule has 7 nitrogen and oxygen atoms in total. The molecule has 1 aliphatic carbocycles. The summed E-state index contributed by atoms with van der Waals surface area (Å²) in [5.41, 5.74) is 2.26. The largest absolute Gasteiger partial charge is 0.352 e. The first-order chi connectivity index (χ1) is 19.7. The van der Waals surface area contributed by atoms with Crippen LogP contribution in [-0.4, -0.2) is 50.3 Å². The minimum atomic E-state index is -4.13. The van der Waals surface area contributed by atoms with E-state index in [1.165, 1.54) is 24.3 Å². The minimum absolute atomic E-state index is 0.0260. The molecular formula is C32H38ClN3O4S. The third kappa shape index (κ3) is 7.89. The molecule has 1 atom stereocenters. The van der Waals surface area contributed by atoms with Gasteiger partial charge in [-0.2, -0.15) is 0 Å². The molecule has 0 saturated heterocycles. The SMILES string of the molecule is CC[C@H](C(=O)NC1CCCC1)N(CCc1ccccc1)C(=O)CN(c1cccc(C)c1)S(=O)(=O)c1ccc(Cl)cc1. The molecule has 1 fully saturated rings. The van der Waals surface area contributed by atoms with Crippen molar-refractivity contribution in [2.75, 3.05) is 17.4 Å². The normalized spacial score (nSPS) is 14.4. The summed E-state index contributed by atoms with van der Waals surface area (Å²) >= 11 is 6.02. The van der Waals surface area contributed by atoms with Gasteiger partial charge in [-0.25, -0.2) is 8.42 Å². The van der Waals surface area contributed by atoms with Crippen molar-refractivity contribution in [1.29, 1.82) is 0 Å². The molecule has 0 unspecified atom stereocenters. The van der Waals surface area contributed by atoms with E-state index in [2.05, 4.69) is 5.32 Å². The topological polar surface area (TPSA) is 86.8 Å². The van der Waals surface area contributed by atoms with E-state index >= 15 is 0 Å². The standard InChI is InChI=1S/C32H38ClN3O4S/c1-3-30(32(38)34-27-13-7-8-14-27)35(21-20-25-11-5-4-6-12-25)31(37)23-36(28-15-9-10-24(2)22-28)41(39,40)29-18-16-26(33)17-19-29/h4-6,9-12,15-19,22,27,30H,3,7-8,13-14,20-21,23H2,1-2H3,(H,34,38)/t30-/m1/s1. The molecule has 0 radical (unpaired) electrons. The van der Waals surface area contributed by atoms with E-state index < -0.39 is 28.5 Å². The average Bonchev–Trinajstić information content (AvgIpc) is 3.47. The van der Waals surface area contributed by atoms with Crippen molar-refractivity contribution in [2.24, 2.45) is 0 Å². The monoisotopic (exact) mass is 595 g/mol. The Kier molecular flexibility index (Phi) is 10.5. The number of carbonyl (C=O) groups excluding carboxylic acids is 2. The number of aryl methyl sites for hydroxylation is 1. The number of halogens is 1. The molecule has 41 heavy (non-hydrogen) atoms. The van der Waals surface area contributed by atoms with Gasteiger partial charge >= 0.3 is 0 Å². The highest BCUT2D eigenvalue weighted by Crippen LogP contribution is 2.26. The molecule has 0 heterocycles. The average molecular weight is 596 g/mol. The van der Waals surface area contributed by atoms with Gasteiger partial charge in [0.25, 0.3) is 10.0 Å². The Morgan fingerprint density at radius 2 is 1.66 bits per heavy atom. The zero-order valence-corrected chi connectivity index (χ0v) is 25.2. The van der Waals surface area contributed by atoms with E-state index in [4.69, 9.17) is 11.6 Å². The van der Waals surface area contributed by atoms with Gasteiger partial charge in [0.2, 0.25) is 11.8 Å². The van der Waals surface area contributed by atoms with E-state index in [9.17, 15) is 18.0 Å². The number of benzene rings is 3. The van der Waals surface area contributed by atoms with Crippen LogP contribution < -0.4 is 9.62 Å². The smallest absolute Gasteiger partial charge is 0.264 e. The fraction of sp³-hybridized carbons (Fsp3) is 0.375. The summed E-state index contributed by atoms with van der Waals surface area (Å²) in [6, 6.07) is 22.1. The Labute approximate surface area is 248 Å². The van der Waals surface area contributed by atoms with Crippen LogP contribution in [-0.2, 0) is 26.0 Å². The van der Waals surface area contributed by atoms with E-state index in [0.29, 0.717) is 23.6 Å². The highest BCUT2D eigenvalue weighted by atomic mass is 35.5. The molecule has 1 aliphatic rings. The molecule has 0 aromatic heterocycles. The second-order valence-electron chi connectivity index (χ2n) is 10.5. The lowest BCUT2D eigenvalue weighted by Gasteiger charge is -2.33. The first-order valence-electron chi connectivity index (χ1n) is 14.2. The molecule has 218 valence electrons. The highest BCUT2D eigenvalue weighted by Gasteiger charge is 2.34. The number of rotatable bonds is 12. The molecule has 9 heteroatoms. The molecule has 1 N–H and O–H groups in total. The number of carbonyl (C=O) groups is 2. The zero-order chi connectivity index (χ0) is 29.4. The third-order valence-electron chi connectivity index (χ3n) is 7.54. The Balaban J connectivity index is 1.67. The van der Waals surface area contributed by atoms with Crippen LogP contribution in [0.1, 0.15) is 50.2 Å². The number of sulfonamides is 1.